The van der Waals surface area contributed by atoms with Crippen molar-refractivity contribution in [2.75, 3.05) is 18.8 Å². The van der Waals surface area contributed by atoms with Gasteiger partial charge in [-0.2, -0.15) is 0 Å². The third-order valence-electron chi connectivity index (χ3n) is 6.23. The molecule has 0 spiro atoms. The Morgan fingerprint density at radius 1 is 1.00 bits per heavy atom. The van der Waals surface area contributed by atoms with Crippen molar-refractivity contribution in [1.29, 1.82) is 0 Å². The maximum Gasteiger partial charge on any atom is 0.267 e. The minimum Gasteiger partial charge on any atom is -0.342 e. The average molecular weight is 462 g/mol. The number of hydrogen-bond donors (Lipinski definition) is 0. The van der Waals surface area contributed by atoms with Crippen LogP contribution >= 0.6 is 11.8 Å². The number of thioether (sulfide) groups is 1. The quantitative estimate of drug-likeness (QED) is 0.415. The number of rotatable bonds is 5. The van der Waals surface area contributed by atoms with E-state index >= 15 is 0 Å². The van der Waals surface area contributed by atoms with Gasteiger partial charge in [-0.15, -0.1) is 10.2 Å². The van der Waals surface area contributed by atoms with Gasteiger partial charge in [-0.25, -0.2) is 4.57 Å². The molecule has 2 aromatic heterocycles. The van der Waals surface area contributed by atoms with Gasteiger partial charge in [0.15, 0.2) is 5.16 Å². The number of piperidine rings is 1. The van der Waals surface area contributed by atoms with E-state index in [1.165, 1.54) is 18.2 Å². The summed E-state index contributed by atoms with van der Waals surface area (Å²) in [4.78, 5) is 28.3. The fourth-order valence-corrected chi connectivity index (χ4v) is 5.37. The monoisotopic (exact) mass is 461 g/mol. The molecule has 0 bridgehead atoms. The number of carbonyl (C=O) groups excluding carboxylic acids is 1. The normalized spacial score (nSPS) is 14.5. The van der Waals surface area contributed by atoms with Gasteiger partial charge >= 0.3 is 0 Å². The Morgan fingerprint density at radius 3 is 2.52 bits per heavy atom. The molecule has 1 fully saturated rings. The number of para-hydroxylation sites is 2. The van der Waals surface area contributed by atoms with Crippen molar-refractivity contribution in [3.8, 4) is 5.69 Å². The Morgan fingerprint density at radius 2 is 1.73 bits per heavy atom. The molecule has 3 heterocycles. The molecule has 170 valence electrons. The average Bonchev–Trinajstić information content (AvgIpc) is 3.27. The number of amides is 1. The van der Waals surface area contributed by atoms with Gasteiger partial charge < -0.3 is 4.90 Å². The number of hydrogen-bond acceptors (Lipinski definition) is 5. The van der Waals surface area contributed by atoms with Crippen molar-refractivity contribution in [3.63, 3.8) is 0 Å². The lowest BCUT2D eigenvalue weighted by Gasteiger charge is -2.26. The van der Waals surface area contributed by atoms with Gasteiger partial charge in [0, 0.05) is 13.1 Å². The maximum absolute atomic E-state index is 13.6. The topological polar surface area (TPSA) is 72.5 Å². The van der Waals surface area contributed by atoms with Crippen LogP contribution in [0.1, 0.15) is 44.6 Å². The second-order valence-electron chi connectivity index (χ2n) is 8.72. The Hall–Kier alpha value is -3.13. The first kappa shape index (κ1) is 21.7. The summed E-state index contributed by atoms with van der Waals surface area (Å²) in [5, 5.41) is 10.0. The first-order valence-corrected chi connectivity index (χ1v) is 12.4. The summed E-state index contributed by atoms with van der Waals surface area (Å²) in [6, 6.07) is 15.4. The summed E-state index contributed by atoms with van der Waals surface area (Å²) in [6.45, 7) is 5.88. The highest BCUT2D eigenvalue weighted by Crippen LogP contribution is 2.27. The van der Waals surface area contributed by atoms with Crippen LogP contribution in [0.2, 0.25) is 0 Å². The third kappa shape index (κ3) is 3.93. The third-order valence-corrected chi connectivity index (χ3v) is 7.14. The zero-order chi connectivity index (χ0) is 22.9. The highest BCUT2D eigenvalue weighted by Gasteiger charge is 2.22. The molecule has 1 saturated heterocycles. The first-order valence-electron chi connectivity index (χ1n) is 11.4. The van der Waals surface area contributed by atoms with Gasteiger partial charge in [-0.3, -0.25) is 14.0 Å². The molecule has 4 aromatic rings. The number of carbonyl (C=O) groups is 1. The van der Waals surface area contributed by atoms with Crippen LogP contribution in [0.25, 0.3) is 22.4 Å². The summed E-state index contributed by atoms with van der Waals surface area (Å²) < 4.78 is 3.56. The Kier molecular flexibility index (Phi) is 5.93. The molecule has 7 nitrogen and oxygen atoms in total. The highest BCUT2D eigenvalue weighted by atomic mass is 32.2. The highest BCUT2D eigenvalue weighted by molar-refractivity contribution is 7.99. The molecule has 0 unspecified atom stereocenters. The van der Waals surface area contributed by atoms with Gasteiger partial charge in [0.2, 0.25) is 11.7 Å². The largest absolute Gasteiger partial charge is 0.342 e. The molecule has 1 amide bonds. The van der Waals surface area contributed by atoms with E-state index < -0.39 is 0 Å². The first-order chi connectivity index (χ1) is 16.1. The van der Waals surface area contributed by atoms with E-state index in [1.807, 2.05) is 57.8 Å². The summed E-state index contributed by atoms with van der Waals surface area (Å²) >= 11 is 1.38. The van der Waals surface area contributed by atoms with E-state index in [4.69, 9.17) is 0 Å². The van der Waals surface area contributed by atoms with E-state index in [9.17, 15) is 9.59 Å². The molecule has 5 rings (SSSR count). The predicted octanol–water partition coefficient (Wildman–Crippen LogP) is 4.26. The Balaban J connectivity index is 1.64. The SMILES string of the molecule is CC(C)c1ccccc1-n1c(=O)c2ccccc2n2c(SCC(=O)N3CCCCC3)nnc12. The second-order valence-corrected chi connectivity index (χ2v) is 9.66. The summed E-state index contributed by atoms with van der Waals surface area (Å²) in [5.41, 5.74) is 2.49. The van der Waals surface area contributed by atoms with E-state index in [1.54, 1.807) is 4.57 Å². The smallest absolute Gasteiger partial charge is 0.267 e. The van der Waals surface area contributed by atoms with Crippen LogP contribution in [0.5, 0.6) is 0 Å². The Labute approximate surface area is 196 Å². The van der Waals surface area contributed by atoms with Crippen molar-refractivity contribution in [3.05, 3.63) is 64.4 Å². The fraction of sp³-hybridized carbons (Fsp3) is 0.360. The van der Waals surface area contributed by atoms with E-state index in [0.717, 1.165) is 42.7 Å². The molecule has 0 radical (unpaired) electrons. The lowest BCUT2D eigenvalue weighted by atomic mass is 10.0. The predicted molar refractivity (Wildman–Crippen MR) is 131 cm³/mol. The number of nitrogens with zero attached hydrogens (tertiary/aromatic N) is 5. The van der Waals surface area contributed by atoms with Crippen molar-refractivity contribution < 1.29 is 4.79 Å². The molecule has 0 atom stereocenters. The molecule has 33 heavy (non-hydrogen) atoms. The number of likely N-dealkylation sites (tertiary alicyclic amines) is 1. The zero-order valence-corrected chi connectivity index (χ0v) is 19.7. The van der Waals surface area contributed by atoms with Crippen LogP contribution in [0.15, 0.2) is 58.5 Å². The lowest BCUT2D eigenvalue weighted by Crippen LogP contribution is -2.36. The molecule has 1 aliphatic rings. The van der Waals surface area contributed by atoms with E-state index in [0.29, 0.717) is 22.1 Å². The molecule has 2 aromatic carbocycles. The second kappa shape index (κ2) is 9.02. The number of benzene rings is 2. The van der Waals surface area contributed by atoms with Crippen LogP contribution < -0.4 is 5.56 Å². The summed E-state index contributed by atoms with van der Waals surface area (Å²) in [7, 11) is 0. The van der Waals surface area contributed by atoms with E-state index in [-0.39, 0.29) is 17.4 Å². The van der Waals surface area contributed by atoms with E-state index in [2.05, 4.69) is 24.0 Å². The standard InChI is InChI=1S/C25H27N5O2S/c1-17(2)18-10-4-6-12-20(18)29-23(32)19-11-5-7-13-21(19)30-24(29)26-27-25(30)33-16-22(31)28-14-8-3-9-15-28/h4-7,10-13,17H,3,8-9,14-16H2,1-2H3. The van der Waals surface area contributed by atoms with Gasteiger partial charge in [-0.1, -0.05) is 55.9 Å². The van der Waals surface area contributed by atoms with Crippen molar-refractivity contribution >= 4 is 34.3 Å². The lowest BCUT2D eigenvalue weighted by molar-refractivity contribution is -0.129. The zero-order valence-electron chi connectivity index (χ0n) is 18.9. The van der Waals surface area contributed by atoms with Gasteiger partial charge in [0.05, 0.1) is 22.3 Å². The molecule has 1 aliphatic heterocycles. The van der Waals surface area contributed by atoms with Gasteiger partial charge in [-0.05, 0) is 48.9 Å². The molecule has 0 aliphatic carbocycles. The van der Waals surface area contributed by atoms with Crippen LogP contribution in [0.4, 0.5) is 0 Å². The van der Waals surface area contributed by atoms with Crippen molar-refractivity contribution in [2.45, 2.75) is 44.2 Å². The molecular formula is C25H27N5O2S. The van der Waals surface area contributed by atoms with Crippen LogP contribution in [-0.4, -0.2) is 48.8 Å². The number of aromatic nitrogens is 4. The molecule has 0 saturated carbocycles. The fourth-order valence-electron chi connectivity index (χ4n) is 4.53. The molecular weight excluding hydrogens is 434 g/mol. The number of fused-ring (bicyclic) bond motifs is 3. The maximum atomic E-state index is 13.6. The van der Waals surface area contributed by atoms with Crippen LogP contribution in [-0.2, 0) is 4.79 Å². The van der Waals surface area contributed by atoms with Crippen molar-refractivity contribution in [1.82, 2.24) is 24.1 Å². The summed E-state index contributed by atoms with van der Waals surface area (Å²) in [6.07, 6.45) is 3.32. The minimum absolute atomic E-state index is 0.124. The van der Waals surface area contributed by atoms with Crippen molar-refractivity contribution in [2.24, 2.45) is 0 Å². The Bertz CT molecular complexity index is 1380. The van der Waals surface area contributed by atoms with Gasteiger partial charge in [0.25, 0.3) is 5.56 Å². The molecule has 0 N–H and O–H groups in total. The van der Waals surface area contributed by atoms with Crippen LogP contribution in [0, 0.1) is 0 Å². The summed E-state index contributed by atoms with van der Waals surface area (Å²) in [5.74, 6) is 1.12. The minimum atomic E-state index is -0.125. The van der Waals surface area contributed by atoms with Crippen LogP contribution in [0.3, 0.4) is 0 Å². The molecule has 8 heteroatoms. The van der Waals surface area contributed by atoms with Gasteiger partial charge in [0.1, 0.15) is 0 Å².